The molecule has 1 saturated carbocycles. The Kier molecular flexibility index (Phi) is 7.24. The zero-order chi connectivity index (χ0) is 20.8. The molecule has 29 heavy (non-hydrogen) atoms. The van der Waals surface area contributed by atoms with Crippen LogP contribution in [0.25, 0.3) is 0 Å². The first kappa shape index (κ1) is 21.3. The Balaban J connectivity index is 1.50. The SMILES string of the molecule is CCCC1CCC(COc2ccc(C(=O)Oc3cc(F)c(C)c(F)c3)cc2)CC1. The lowest BCUT2D eigenvalue weighted by atomic mass is 9.80. The van der Waals surface area contributed by atoms with Crippen LogP contribution >= 0.6 is 0 Å². The van der Waals surface area contributed by atoms with Gasteiger partial charge in [-0.2, -0.15) is 0 Å². The average molecular weight is 402 g/mol. The maximum Gasteiger partial charge on any atom is 0.343 e. The number of hydrogen-bond donors (Lipinski definition) is 0. The Labute approximate surface area is 171 Å². The van der Waals surface area contributed by atoms with Gasteiger partial charge in [-0.1, -0.05) is 32.6 Å². The highest BCUT2D eigenvalue weighted by Gasteiger charge is 2.21. The van der Waals surface area contributed by atoms with Crippen LogP contribution in [0.3, 0.4) is 0 Å². The zero-order valence-electron chi connectivity index (χ0n) is 17.0. The highest BCUT2D eigenvalue weighted by Crippen LogP contribution is 2.32. The summed E-state index contributed by atoms with van der Waals surface area (Å²) in [5, 5.41) is 0. The molecule has 0 heterocycles. The van der Waals surface area contributed by atoms with E-state index in [0.29, 0.717) is 23.8 Å². The molecule has 0 atom stereocenters. The van der Waals surface area contributed by atoms with Crippen molar-refractivity contribution in [2.45, 2.75) is 52.4 Å². The number of carbonyl (C=O) groups excluding carboxylic acids is 1. The van der Waals surface area contributed by atoms with Crippen molar-refractivity contribution in [3.63, 3.8) is 0 Å². The zero-order valence-corrected chi connectivity index (χ0v) is 17.0. The second-order valence-electron chi connectivity index (χ2n) is 7.91. The second-order valence-corrected chi connectivity index (χ2v) is 7.91. The molecule has 1 fully saturated rings. The molecule has 1 aliphatic carbocycles. The third kappa shape index (κ3) is 5.78. The molecule has 0 spiro atoms. The Bertz CT molecular complexity index is 802. The number of hydrogen-bond acceptors (Lipinski definition) is 3. The summed E-state index contributed by atoms with van der Waals surface area (Å²) in [5.74, 6) is -0.177. The van der Waals surface area contributed by atoms with Crippen LogP contribution in [0, 0.1) is 30.4 Å². The van der Waals surface area contributed by atoms with E-state index in [-0.39, 0.29) is 11.3 Å². The fraction of sp³-hybridized carbons (Fsp3) is 0.458. The topological polar surface area (TPSA) is 35.5 Å². The van der Waals surface area contributed by atoms with Crippen LogP contribution < -0.4 is 9.47 Å². The highest BCUT2D eigenvalue weighted by molar-refractivity contribution is 5.91. The molecule has 3 rings (SSSR count). The quantitative estimate of drug-likeness (QED) is 0.393. The van der Waals surface area contributed by atoms with Gasteiger partial charge in [0, 0.05) is 17.7 Å². The maximum absolute atomic E-state index is 13.6. The van der Waals surface area contributed by atoms with Gasteiger partial charge in [-0.15, -0.1) is 0 Å². The molecule has 3 nitrogen and oxygen atoms in total. The van der Waals surface area contributed by atoms with Gasteiger partial charge in [-0.3, -0.25) is 0 Å². The number of benzene rings is 2. The Hall–Kier alpha value is -2.43. The molecule has 0 bridgehead atoms. The molecule has 2 aromatic rings. The Morgan fingerprint density at radius 2 is 1.55 bits per heavy atom. The summed E-state index contributed by atoms with van der Waals surface area (Å²) >= 11 is 0. The van der Waals surface area contributed by atoms with Crippen LogP contribution in [0.5, 0.6) is 11.5 Å². The normalized spacial score (nSPS) is 19.0. The second kappa shape index (κ2) is 9.86. The fourth-order valence-electron chi connectivity index (χ4n) is 3.84. The van der Waals surface area contributed by atoms with E-state index in [1.165, 1.54) is 45.4 Å². The van der Waals surface area contributed by atoms with Gasteiger partial charge in [0.2, 0.25) is 0 Å². The predicted molar refractivity (Wildman–Crippen MR) is 108 cm³/mol. The van der Waals surface area contributed by atoms with Crippen LogP contribution in [0.1, 0.15) is 61.4 Å². The van der Waals surface area contributed by atoms with Crippen molar-refractivity contribution in [2.24, 2.45) is 11.8 Å². The standard InChI is InChI=1S/C24H28F2O3/c1-3-4-17-5-7-18(8-6-17)15-28-20-11-9-19(10-12-20)24(27)29-21-13-22(25)16(2)23(26)14-21/h9-14,17-18H,3-8,15H2,1-2H3. The van der Waals surface area contributed by atoms with Crippen LogP contribution in [0.2, 0.25) is 0 Å². The van der Waals surface area contributed by atoms with E-state index in [0.717, 1.165) is 18.1 Å². The van der Waals surface area contributed by atoms with E-state index >= 15 is 0 Å². The van der Waals surface area contributed by atoms with Gasteiger partial charge in [0.05, 0.1) is 12.2 Å². The molecule has 156 valence electrons. The van der Waals surface area contributed by atoms with Crippen molar-refractivity contribution in [1.82, 2.24) is 0 Å². The number of carbonyl (C=O) groups is 1. The summed E-state index contributed by atoms with van der Waals surface area (Å²) in [5.41, 5.74) is 0.184. The number of ether oxygens (including phenoxy) is 2. The van der Waals surface area contributed by atoms with Crippen molar-refractivity contribution in [2.75, 3.05) is 6.61 Å². The van der Waals surface area contributed by atoms with Crippen molar-refractivity contribution < 1.29 is 23.0 Å². The van der Waals surface area contributed by atoms with Gasteiger partial charge >= 0.3 is 5.97 Å². The maximum atomic E-state index is 13.6. The lowest BCUT2D eigenvalue weighted by molar-refractivity contribution is 0.0734. The minimum atomic E-state index is -0.750. The summed E-state index contributed by atoms with van der Waals surface area (Å²) in [6.07, 6.45) is 7.57. The van der Waals surface area contributed by atoms with Crippen molar-refractivity contribution in [3.8, 4) is 11.5 Å². The minimum Gasteiger partial charge on any atom is -0.493 e. The molecule has 0 aliphatic heterocycles. The average Bonchev–Trinajstić information content (AvgIpc) is 2.72. The first-order valence-corrected chi connectivity index (χ1v) is 10.4. The van der Waals surface area contributed by atoms with Gasteiger partial charge in [-0.25, -0.2) is 13.6 Å². The van der Waals surface area contributed by atoms with Crippen molar-refractivity contribution in [3.05, 3.63) is 59.2 Å². The van der Waals surface area contributed by atoms with Gasteiger partial charge in [-0.05, 0) is 55.9 Å². The van der Waals surface area contributed by atoms with E-state index in [9.17, 15) is 13.6 Å². The lowest BCUT2D eigenvalue weighted by Crippen LogP contribution is -2.20. The number of esters is 1. The number of halogens is 2. The summed E-state index contributed by atoms with van der Waals surface area (Å²) in [6.45, 7) is 4.25. The van der Waals surface area contributed by atoms with E-state index < -0.39 is 17.6 Å². The third-order valence-electron chi connectivity index (χ3n) is 5.70. The molecule has 0 unspecified atom stereocenters. The van der Waals surface area contributed by atoms with Gasteiger partial charge in [0.15, 0.2) is 0 Å². The van der Waals surface area contributed by atoms with Crippen molar-refractivity contribution in [1.29, 1.82) is 0 Å². The van der Waals surface area contributed by atoms with Crippen LogP contribution in [0.15, 0.2) is 36.4 Å². The highest BCUT2D eigenvalue weighted by atomic mass is 19.1. The first-order valence-electron chi connectivity index (χ1n) is 10.4. The molecule has 5 heteroatoms. The molecular weight excluding hydrogens is 374 g/mol. The Morgan fingerprint density at radius 3 is 2.14 bits per heavy atom. The van der Waals surface area contributed by atoms with Gasteiger partial charge in [0.1, 0.15) is 23.1 Å². The van der Waals surface area contributed by atoms with Crippen LogP contribution in [-0.2, 0) is 0 Å². The smallest absolute Gasteiger partial charge is 0.343 e. The van der Waals surface area contributed by atoms with Crippen molar-refractivity contribution >= 4 is 5.97 Å². The molecule has 0 amide bonds. The summed E-state index contributed by atoms with van der Waals surface area (Å²) < 4.78 is 38.2. The molecular formula is C24H28F2O3. The molecule has 2 aromatic carbocycles. The van der Waals surface area contributed by atoms with Gasteiger partial charge in [0.25, 0.3) is 0 Å². The fourth-order valence-corrected chi connectivity index (χ4v) is 3.84. The first-order chi connectivity index (χ1) is 14.0. The molecule has 0 radical (unpaired) electrons. The number of rotatable bonds is 7. The molecule has 1 aliphatic rings. The lowest BCUT2D eigenvalue weighted by Gasteiger charge is -2.28. The molecule has 0 saturated heterocycles. The van der Waals surface area contributed by atoms with E-state index in [1.807, 2.05) is 0 Å². The minimum absolute atomic E-state index is 0.106. The molecule has 0 N–H and O–H groups in total. The van der Waals surface area contributed by atoms with E-state index in [4.69, 9.17) is 9.47 Å². The largest absolute Gasteiger partial charge is 0.493 e. The predicted octanol–water partition coefficient (Wildman–Crippen LogP) is 6.48. The van der Waals surface area contributed by atoms with E-state index in [2.05, 4.69) is 6.92 Å². The summed E-state index contributed by atoms with van der Waals surface area (Å²) in [7, 11) is 0. The molecule has 0 aromatic heterocycles. The monoisotopic (exact) mass is 402 g/mol. The Morgan fingerprint density at radius 1 is 0.966 bits per heavy atom. The third-order valence-corrected chi connectivity index (χ3v) is 5.70. The van der Waals surface area contributed by atoms with E-state index in [1.54, 1.807) is 24.3 Å². The summed E-state index contributed by atoms with van der Waals surface area (Å²) in [6, 6.07) is 8.63. The van der Waals surface area contributed by atoms with Crippen LogP contribution in [-0.4, -0.2) is 12.6 Å². The summed E-state index contributed by atoms with van der Waals surface area (Å²) in [4.78, 5) is 12.2. The van der Waals surface area contributed by atoms with Gasteiger partial charge < -0.3 is 9.47 Å². The van der Waals surface area contributed by atoms with Crippen LogP contribution in [0.4, 0.5) is 8.78 Å².